The van der Waals surface area contributed by atoms with Gasteiger partial charge in [0, 0.05) is 9.37 Å². The van der Waals surface area contributed by atoms with E-state index in [4.69, 9.17) is 4.74 Å². The molecule has 0 aliphatic heterocycles. The van der Waals surface area contributed by atoms with Crippen LogP contribution in [0.2, 0.25) is 0 Å². The van der Waals surface area contributed by atoms with Crippen molar-refractivity contribution in [3.63, 3.8) is 0 Å². The zero-order valence-electron chi connectivity index (χ0n) is 12.6. The lowest BCUT2D eigenvalue weighted by Gasteiger charge is -2.11. The van der Waals surface area contributed by atoms with Crippen LogP contribution < -0.4 is 10.1 Å². The highest BCUT2D eigenvalue weighted by atomic mass is 79.9. The summed E-state index contributed by atoms with van der Waals surface area (Å²) in [5.74, 6) is 1.48. The molecule has 0 spiro atoms. The number of nitrogens with one attached hydrogen (secondary N) is 1. The Balaban J connectivity index is 1.94. The molecule has 0 aliphatic rings. The Labute approximate surface area is 143 Å². The van der Waals surface area contributed by atoms with Crippen LogP contribution in [0.4, 0.5) is 5.69 Å². The number of hydrogen-bond acceptors (Lipinski definition) is 3. The van der Waals surface area contributed by atoms with E-state index in [-0.39, 0.29) is 12.5 Å². The number of ether oxygens (including phenoxy) is 1. The quantitative estimate of drug-likeness (QED) is 0.726. The SMILES string of the molecule is CCSc1ccccc1NC(=O)COc1ccc(Br)c(C)c1. The maximum absolute atomic E-state index is 12.0. The van der Waals surface area contributed by atoms with Crippen molar-refractivity contribution in [3.8, 4) is 5.75 Å². The minimum atomic E-state index is -0.162. The number of carbonyl (C=O) groups excluding carboxylic acids is 1. The molecule has 0 saturated carbocycles. The minimum Gasteiger partial charge on any atom is -0.484 e. The summed E-state index contributed by atoms with van der Waals surface area (Å²) in [4.78, 5) is 13.1. The molecule has 0 saturated heterocycles. The van der Waals surface area contributed by atoms with Crippen LogP contribution in [0.1, 0.15) is 12.5 Å². The van der Waals surface area contributed by atoms with Crippen molar-refractivity contribution in [1.82, 2.24) is 0 Å². The van der Waals surface area contributed by atoms with E-state index in [1.54, 1.807) is 11.8 Å². The second kappa shape index (κ2) is 8.25. The Morgan fingerprint density at radius 3 is 2.77 bits per heavy atom. The maximum atomic E-state index is 12.0. The van der Waals surface area contributed by atoms with E-state index in [0.29, 0.717) is 5.75 Å². The van der Waals surface area contributed by atoms with Gasteiger partial charge in [0.05, 0.1) is 5.69 Å². The van der Waals surface area contributed by atoms with Crippen LogP contribution in [0.5, 0.6) is 5.75 Å². The van der Waals surface area contributed by atoms with Crippen molar-refractivity contribution in [2.45, 2.75) is 18.7 Å². The third-order valence-corrected chi connectivity index (χ3v) is 4.81. The fourth-order valence-electron chi connectivity index (χ4n) is 1.89. The van der Waals surface area contributed by atoms with Gasteiger partial charge in [-0.05, 0) is 48.6 Å². The van der Waals surface area contributed by atoms with Crippen molar-refractivity contribution in [1.29, 1.82) is 0 Å². The predicted molar refractivity (Wildman–Crippen MR) is 95.8 cm³/mol. The van der Waals surface area contributed by atoms with Gasteiger partial charge < -0.3 is 10.1 Å². The molecule has 0 heterocycles. The number of anilines is 1. The maximum Gasteiger partial charge on any atom is 0.262 e. The lowest BCUT2D eigenvalue weighted by molar-refractivity contribution is -0.118. The number of aryl methyl sites for hydroxylation is 1. The lowest BCUT2D eigenvalue weighted by atomic mass is 10.2. The third-order valence-electron chi connectivity index (χ3n) is 2.96. The highest BCUT2D eigenvalue weighted by molar-refractivity contribution is 9.10. The fourth-order valence-corrected chi connectivity index (χ4v) is 2.90. The largest absolute Gasteiger partial charge is 0.484 e. The molecule has 2 rings (SSSR count). The summed E-state index contributed by atoms with van der Waals surface area (Å²) in [6, 6.07) is 13.4. The van der Waals surface area contributed by atoms with Crippen LogP contribution in [-0.2, 0) is 4.79 Å². The summed E-state index contributed by atoms with van der Waals surface area (Å²) in [5, 5.41) is 2.90. The average Bonchev–Trinajstić information content (AvgIpc) is 2.51. The molecule has 0 fully saturated rings. The van der Waals surface area contributed by atoms with Gasteiger partial charge in [-0.3, -0.25) is 4.79 Å². The zero-order chi connectivity index (χ0) is 15.9. The smallest absolute Gasteiger partial charge is 0.262 e. The zero-order valence-corrected chi connectivity index (χ0v) is 15.0. The molecule has 116 valence electrons. The molecule has 3 nitrogen and oxygen atoms in total. The molecule has 0 aromatic heterocycles. The molecular weight excluding hydrogens is 362 g/mol. The Morgan fingerprint density at radius 1 is 1.27 bits per heavy atom. The average molecular weight is 380 g/mol. The van der Waals surface area contributed by atoms with Crippen molar-refractivity contribution in [3.05, 3.63) is 52.5 Å². The lowest BCUT2D eigenvalue weighted by Crippen LogP contribution is -2.20. The summed E-state index contributed by atoms with van der Waals surface area (Å²) in [6.07, 6.45) is 0. The first kappa shape index (κ1) is 16.9. The number of amides is 1. The summed E-state index contributed by atoms with van der Waals surface area (Å²) in [6.45, 7) is 4.06. The first-order valence-corrected chi connectivity index (χ1v) is 8.78. The van der Waals surface area contributed by atoms with Gasteiger partial charge in [-0.25, -0.2) is 0 Å². The van der Waals surface area contributed by atoms with E-state index < -0.39 is 0 Å². The predicted octanol–water partition coefficient (Wildman–Crippen LogP) is 4.89. The molecule has 2 aromatic rings. The van der Waals surface area contributed by atoms with Gasteiger partial charge >= 0.3 is 0 Å². The summed E-state index contributed by atoms with van der Waals surface area (Å²) in [7, 11) is 0. The Morgan fingerprint density at radius 2 is 2.05 bits per heavy atom. The van der Waals surface area contributed by atoms with Crippen molar-refractivity contribution in [2.24, 2.45) is 0 Å². The van der Waals surface area contributed by atoms with Crippen molar-refractivity contribution < 1.29 is 9.53 Å². The van der Waals surface area contributed by atoms with E-state index in [9.17, 15) is 4.79 Å². The van der Waals surface area contributed by atoms with Crippen LogP contribution in [0.15, 0.2) is 51.8 Å². The first-order valence-electron chi connectivity index (χ1n) is 7.00. The van der Waals surface area contributed by atoms with E-state index in [2.05, 4.69) is 28.2 Å². The number of carbonyl (C=O) groups is 1. The molecule has 0 radical (unpaired) electrons. The van der Waals surface area contributed by atoms with Crippen molar-refractivity contribution in [2.75, 3.05) is 17.7 Å². The van der Waals surface area contributed by atoms with Gasteiger partial charge in [0.15, 0.2) is 6.61 Å². The van der Waals surface area contributed by atoms with Gasteiger partial charge in [-0.2, -0.15) is 0 Å². The molecule has 0 unspecified atom stereocenters. The fraction of sp³-hybridized carbons (Fsp3) is 0.235. The van der Waals surface area contributed by atoms with E-state index in [0.717, 1.165) is 26.4 Å². The summed E-state index contributed by atoms with van der Waals surface area (Å²) >= 11 is 5.14. The summed E-state index contributed by atoms with van der Waals surface area (Å²) in [5.41, 5.74) is 1.90. The third kappa shape index (κ3) is 4.78. The van der Waals surface area contributed by atoms with Gasteiger partial charge in [0.1, 0.15) is 5.75 Å². The van der Waals surface area contributed by atoms with E-state index >= 15 is 0 Å². The van der Waals surface area contributed by atoms with E-state index in [1.165, 1.54) is 0 Å². The van der Waals surface area contributed by atoms with Crippen LogP contribution in [0.25, 0.3) is 0 Å². The summed E-state index contributed by atoms with van der Waals surface area (Å²) < 4.78 is 6.56. The molecule has 1 N–H and O–H groups in total. The highest BCUT2D eigenvalue weighted by Gasteiger charge is 2.08. The molecule has 2 aromatic carbocycles. The first-order chi connectivity index (χ1) is 10.6. The molecule has 0 atom stereocenters. The monoisotopic (exact) mass is 379 g/mol. The van der Waals surface area contributed by atoms with Gasteiger partial charge in [-0.15, -0.1) is 11.8 Å². The van der Waals surface area contributed by atoms with Gasteiger partial charge in [0.2, 0.25) is 0 Å². The molecular formula is C17H18BrNO2S. The Hall–Kier alpha value is -1.46. The topological polar surface area (TPSA) is 38.3 Å². The van der Waals surface area contributed by atoms with Crippen LogP contribution in [0.3, 0.4) is 0 Å². The number of benzene rings is 2. The Kier molecular flexibility index (Phi) is 6.34. The molecule has 1 amide bonds. The minimum absolute atomic E-state index is 0.00774. The standard InChI is InChI=1S/C17H18BrNO2S/c1-3-22-16-7-5-4-6-15(16)19-17(20)11-21-13-8-9-14(18)12(2)10-13/h4-10H,3,11H2,1-2H3,(H,19,20). The van der Waals surface area contributed by atoms with Crippen molar-refractivity contribution >= 4 is 39.3 Å². The normalized spacial score (nSPS) is 10.3. The molecule has 22 heavy (non-hydrogen) atoms. The van der Waals surface area contributed by atoms with Crippen LogP contribution in [-0.4, -0.2) is 18.3 Å². The molecule has 0 aliphatic carbocycles. The second-order valence-corrected chi connectivity index (χ2v) is 6.84. The molecule has 5 heteroatoms. The number of halogens is 1. The van der Waals surface area contributed by atoms with Crippen LogP contribution >= 0.6 is 27.7 Å². The Bertz CT molecular complexity index is 661. The van der Waals surface area contributed by atoms with E-state index in [1.807, 2.05) is 49.4 Å². The number of thioether (sulfide) groups is 1. The molecule has 0 bridgehead atoms. The number of hydrogen-bond donors (Lipinski definition) is 1. The van der Waals surface area contributed by atoms with Gasteiger partial charge in [-0.1, -0.05) is 35.0 Å². The van der Waals surface area contributed by atoms with Gasteiger partial charge in [0.25, 0.3) is 5.91 Å². The van der Waals surface area contributed by atoms with Crippen LogP contribution in [0, 0.1) is 6.92 Å². The number of rotatable bonds is 6. The number of para-hydroxylation sites is 1. The highest BCUT2D eigenvalue weighted by Crippen LogP contribution is 2.26. The second-order valence-electron chi connectivity index (χ2n) is 4.68.